The maximum Gasteiger partial charge on any atom is 0.0936 e. The van der Waals surface area contributed by atoms with Crippen LogP contribution in [0.1, 0.15) is 66.2 Å². The normalized spacial score (nSPS) is 26.5. The van der Waals surface area contributed by atoms with Crippen LogP contribution >= 0.6 is 0 Å². The van der Waals surface area contributed by atoms with Gasteiger partial charge in [0.1, 0.15) is 0 Å². The van der Waals surface area contributed by atoms with Crippen LogP contribution in [0.5, 0.6) is 0 Å². The summed E-state index contributed by atoms with van der Waals surface area (Å²) in [5.74, 6) is 0.576. The summed E-state index contributed by atoms with van der Waals surface area (Å²) in [6, 6.07) is 0. The lowest BCUT2D eigenvalue weighted by atomic mass is 9.68. The van der Waals surface area contributed by atoms with Crippen LogP contribution in [0.15, 0.2) is 0 Å². The fraction of sp³-hybridized carbons (Fsp3) is 1.00. The van der Waals surface area contributed by atoms with Gasteiger partial charge in [0.2, 0.25) is 0 Å². The summed E-state index contributed by atoms with van der Waals surface area (Å²) >= 11 is 0. The van der Waals surface area contributed by atoms with E-state index in [4.69, 9.17) is 4.74 Å². The van der Waals surface area contributed by atoms with E-state index < -0.39 is 0 Å². The molecular formula is C15H30O2. The molecule has 102 valence electrons. The second kappa shape index (κ2) is 5.71. The summed E-state index contributed by atoms with van der Waals surface area (Å²) < 4.78 is 5.73. The number of methoxy groups -OCH3 is 1. The molecule has 1 rings (SSSR count). The van der Waals surface area contributed by atoms with Crippen molar-refractivity contribution < 1.29 is 9.84 Å². The molecule has 0 amide bonds. The molecule has 2 unspecified atom stereocenters. The Kier molecular flexibility index (Phi) is 5.03. The number of rotatable bonds is 5. The molecule has 0 aliphatic heterocycles. The third-order valence-electron chi connectivity index (χ3n) is 4.79. The third kappa shape index (κ3) is 3.69. The van der Waals surface area contributed by atoms with Gasteiger partial charge in [-0.2, -0.15) is 0 Å². The second-order valence-electron chi connectivity index (χ2n) is 6.70. The Morgan fingerprint density at radius 2 is 1.71 bits per heavy atom. The predicted molar refractivity (Wildman–Crippen MR) is 72.1 cm³/mol. The van der Waals surface area contributed by atoms with Crippen molar-refractivity contribution in [1.29, 1.82) is 0 Å². The topological polar surface area (TPSA) is 29.5 Å². The minimum Gasteiger partial charge on any atom is -0.390 e. The van der Waals surface area contributed by atoms with Crippen LogP contribution in [-0.4, -0.2) is 23.9 Å². The standard InChI is InChI=1S/C15H30O2/c1-6-12(2)11-13(16)15(17-5)9-7-14(3,4)8-10-15/h12-13,16H,6-11H2,1-5H3. The van der Waals surface area contributed by atoms with Crippen molar-refractivity contribution >= 4 is 0 Å². The lowest BCUT2D eigenvalue weighted by Gasteiger charge is -2.45. The number of ether oxygens (including phenoxy) is 1. The molecule has 1 aliphatic rings. The molecule has 0 spiro atoms. The molecule has 0 bridgehead atoms. The molecule has 0 aromatic heterocycles. The summed E-state index contributed by atoms with van der Waals surface area (Å²) in [7, 11) is 1.76. The first-order valence-electron chi connectivity index (χ1n) is 7.08. The van der Waals surface area contributed by atoms with Crippen molar-refractivity contribution in [3.63, 3.8) is 0 Å². The molecule has 0 radical (unpaired) electrons. The SMILES string of the molecule is CCC(C)CC(O)C1(OC)CCC(C)(C)CC1. The molecule has 0 heterocycles. The lowest BCUT2D eigenvalue weighted by Crippen LogP contribution is -2.48. The van der Waals surface area contributed by atoms with Crippen LogP contribution in [0.25, 0.3) is 0 Å². The summed E-state index contributed by atoms with van der Waals surface area (Å²) in [5.41, 5.74) is 0.136. The molecule has 2 atom stereocenters. The molecule has 0 aromatic carbocycles. The Morgan fingerprint density at radius 3 is 2.12 bits per heavy atom. The first kappa shape index (κ1) is 15.0. The zero-order valence-corrected chi connectivity index (χ0v) is 12.3. The highest BCUT2D eigenvalue weighted by molar-refractivity contribution is 4.95. The van der Waals surface area contributed by atoms with E-state index in [2.05, 4.69) is 27.7 Å². The summed E-state index contributed by atoms with van der Waals surface area (Å²) in [5, 5.41) is 10.5. The Balaban J connectivity index is 2.63. The third-order valence-corrected chi connectivity index (χ3v) is 4.79. The van der Waals surface area contributed by atoms with Gasteiger partial charge in [0, 0.05) is 7.11 Å². The van der Waals surface area contributed by atoms with Crippen molar-refractivity contribution in [2.45, 2.75) is 77.9 Å². The minimum absolute atomic E-state index is 0.279. The highest BCUT2D eigenvalue weighted by Gasteiger charge is 2.43. The smallest absolute Gasteiger partial charge is 0.0936 e. The van der Waals surface area contributed by atoms with Gasteiger partial charge in [0.15, 0.2) is 0 Å². The van der Waals surface area contributed by atoms with E-state index in [9.17, 15) is 5.11 Å². The van der Waals surface area contributed by atoms with Crippen molar-refractivity contribution in [2.75, 3.05) is 7.11 Å². The quantitative estimate of drug-likeness (QED) is 0.795. The minimum atomic E-state index is -0.307. The summed E-state index contributed by atoms with van der Waals surface area (Å²) in [6.45, 7) is 9.02. The monoisotopic (exact) mass is 242 g/mol. The van der Waals surface area contributed by atoms with E-state index in [1.165, 1.54) is 0 Å². The van der Waals surface area contributed by atoms with Gasteiger partial charge in [0.25, 0.3) is 0 Å². The highest BCUT2D eigenvalue weighted by Crippen LogP contribution is 2.44. The fourth-order valence-electron chi connectivity index (χ4n) is 2.79. The highest BCUT2D eigenvalue weighted by atomic mass is 16.5. The number of aliphatic hydroxyl groups excluding tert-OH is 1. The average molecular weight is 242 g/mol. The van der Waals surface area contributed by atoms with Crippen LogP contribution in [0.2, 0.25) is 0 Å². The molecule has 0 aromatic rings. The first-order valence-corrected chi connectivity index (χ1v) is 7.08. The second-order valence-corrected chi connectivity index (χ2v) is 6.70. The molecule has 1 aliphatic carbocycles. The van der Waals surface area contributed by atoms with Crippen LogP contribution < -0.4 is 0 Å². The fourth-order valence-corrected chi connectivity index (χ4v) is 2.79. The van der Waals surface area contributed by atoms with E-state index in [1.807, 2.05) is 0 Å². The van der Waals surface area contributed by atoms with Crippen LogP contribution in [-0.2, 0) is 4.74 Å². The largest absolute Gasteiger partial charge is 0.390 e. The van der Waals surface area contributed by atoms with E-state index in [0.717, 1.165) is 38.5 Å². The zero-order valence-electron chi connectivity index (χ0n) is 12.3. The zero-order chi connectivity index (χ0) is 13.1. The maximum absolute atomic E-state index is 10.5. The Hall–Kier alpha value is -0.0800. The summed E-state index contributed by atoms with van der Waals surface area (Å²) in [6.07, 6.45) is 5.98. The maximum atomic E-state index is 10.5. The van der Waals surface area contributed by atoms with Crippen LogP contribution in [0, 0.1) is 11.3 Å². The number of aliphatic hydroxyl groups is 1. The van der Waals surface area contributed by atoms with Gasteiger partial charge >= 0.3 is 0 Å². The Morgan fingerprint density at radius 1 is 1.18 bits per heavy atom. The van der Waals surface area contributed by atoms with Gasteiger partial charge in [-0.1, -0.05) is 34.1 Å². The van der Waals surface area contributed by atoms with Crippen LogP contribution in [0.3, 0.4) is 0 Å². The van der Waals surface area contributed by atoms with Gasteiger partial charge in [0.05, 0.1) is 11.7 Å². The Bertz CT molecular complexity index is 225. The Labute approximate surface area is 107 Å². The number of hydrogen-bond donors (Lipinski definition) is 1. The van der Waals surface area contributed by atoms with Crippen molar-refractivity contribution in [3.8, 4) is 0 Å². The van der Waals surface area contributed by atoms with Crippen molar-refractivity contribution in [1.82, 2.24) is 0 Å². The molecule has 2 heteroatoms. The van der Waals surface area contributed by atoms with E-state index >= 15 is 0 Å². The predicted octanol–water partition coefficient (Wildman–Crippen LogP) is 3.77. The molecule has 0 saturated heterocycles. The lowest BCUT2D eigenvalue weighted by molar-refractivity contribution is -0.141. The van der Waals surface area contributed by atoms with E-state index in [-0.39, 0.29) is 11.7 Å². The average Bonchev–Trinajstić information content (AvgIpc) is 2.29. The van der Waals surface area contributed by atoms with Crippen molar-refractivity contribution in [3.05, 3.63) is 0 Å². The van der Waals surface area contributed by atoms with Crippen LogP contribution in [0.4, 0.5) is 0 Å². The molecule has 1 fully saturated rings. The molecule has 2 nitrogen and oxygen atoms in total. The van der Waals surface area contributed by atoms with Gasteiger partial charge in [-0.15, -0.1) is 0 Å². The van der Waals surface area contributed by atoms with Crippen molar-refractivity contribution in [2.24, 2.45) is 11.3 Å². The molecule has 1 N–H and O–H groups in total. The van der Waals surface area contributed by atoms with Gasteiger partial charge in [-0.3, -0.25) is 0 Å². The van der Waals surface area contributed by atoms with E-state index in [1.54, 1.807) is 7.11 Å². The summed E-state index contributed by atoms with van der Waals surface area (Å²) in [4.78, 5) is 0. The van der Waals surface area contributed by atoms with Gasteiger partial charge < -0.3 is 9.84 Å². The molecule has 1 saturated carbocycles. The molecule has 17 heavy (non-hydrogen) atoms. The van der Waals surface area contributed by atoms with Gasteiger partial charge in [-0.05, 0) is 43.4 Å². The molecular weight excluding hydrogens is 212 g/mol. The number of hydrogen-bond acceptors (Lipinski definition) is 2. The van der Waals surface area contributed by atoms with E-state index in [0.29, 0.717) is 11.3 Å². The first-order chi connectivity index (χ1) is 7.85. The van der Waals surface area contributed by atoms with Gasteiger partial charge in [-0.25, -0.2) is 0 Å².